The lowest BCUT2D eigenvalue weighted by atomic mass is 10.2. The third-order valence-corrected chi connectivity index (χ3v) is 3.50. The van der Waals surface area contributed by atoms with Crippen LogP contribution in [0, 0.1) is 0 Å². The van der Waals surface area contributed by atoms with Gasteiger partial charge in [-0.3, -0.25) is 0 Å². The predicted octanol–water partition coefficient (Wildman–Crippen LogP) is 2.91. The Bertz CT molecular complexity index is 525. The van der Waals surface area contributed by atoms with Crippen LogP contribution in [0.15, 0.2) is 23.6 Å². The molecule has 4 nitrogen and oxygen atoms in total. The molecule has 3 N–H and O–H groups in total. The Morgan fingerprint density at radius 2 is 2.28 bits per heavy atom. The summed E-state index contributed by atoms with van der Waals surface area (Å²) < 4.78 is 5.30. The maximum Gasteiger partial charge on any atom is 0.183 e. The van der Waals surface area contributed by atoms with Crippen molar-refractivity contribution in [3.63, 3.8) is 0 Å². The number of nitrogens with two attached hydrogens (primary N) is 1. The number of methoxy groups -OCH3 is 1. The van der Waals surface area contributed by atoms with Crippen LogP contribution in [0.4, 0.5) is 10.8 Å². The minimum atomic E-state index is 0.658. The van der Waals surface area contributed by atoms with Gasteiger partial charge in [0.25, 0.3) is 0 Å². The second-order valence-electron chi connectivity index (χ2n) is 3.92. The number of ether oxygens (including phenoxy) is 1. The maximum absolute atomic E-state index is 5.78. The van der Waals surface area contributed by atoms with Crippen molar-refractivity contribution in [2.24, 2.45) is 0 Å². The molecule has 2 aromatic rings. The summed E-state index contributed by atoms with van der Waals surface area (Å²) in [4.78, 5) is 4.46. The number of benzene rings is 1. The highest BCUT2D eigenvalue weighted by Gasteiger charge is 2.05. The zero-order chi connectivity index (χ0) is 13.0. The molecule has 0 spiro atoms. The van der Waals surface area contributed by atoms with Gasteiger partial charge in [0.05, 0.1) is 12.8 Å². The predicted molar refractivity (Wildman–Crippen MR) is 76.2 cm³/mol. The van der Waals surface area contributed by atoms with Gasteiger partial charge in [-0.15, -0.1) is 11.3 Å². The maximum atomic E-state index is 5.78. The Balaban J connectivity index is 2.07. The molecule has 0 aliphatic carbocycles. The average molecular weight is 263 g/mol. The van der Waals surface area contributed by atoms with Gasteiger partial charge in [0, 0.05) is 23.2 Å². The number of thiazole rings is 1. The molecule has 0 bridgehead atoms. The lowest BCUT2D eigenvalue weighted by Crippen LogP contribution is -2.02. The van der Waals surface area contributed by atoms with E-state index in [1.54, 1.807) is 18.4 Å². The van der Waals surface area contributed by atoms with Gasteiger partial charge in [-0.1, -0.05) is 6.92 Å². The Morgan fingerprint density at radius 3 is 2.94 bits per heavy atom. The van der Waals surface area contributed by atoms with Crippen molar-refractivity contribution in [3.8, 4) is 5.75 Å². The molecule has 5 heteroatoms. The number of hydrogen-bond donors (Lipinski definition) is 2. The summed E-state index contributed by atoms with van der Waals surface area (Å²) in [5, 5.41) is 6.28. The van der Waals surface area contributed by atoms with E-state index in [0.717, 1.165) is 34.2 Å². The minimum absolute atomic E-state index is 0.658. The van der Waals surface area contributed by atoms with Crippen LogP contribution in [-0.2, 0) is 13.0 Å². The van der Waals surface area contributed by atoms with E-state index in [1.807, 2.05) is 18.2 Å². The fourth-order valence-electron chi connectivity index (χ4n) is 1.66. The van der Waals surface area contributed by atoms with Gasteiger partial charge < -0.3 is 15.8 Å². The monoisotopic (exact) mass is 263 g/mol. The highest BCUT2D eigenvalue weighted by molar-refractivity contribution is 7.13. The Kier molecular flexibility index (Phi) is 4.04. The second-order valence-corrected chi connectivity index (χ2v) is 4.78. The normalized spacial score (nSPS) is 10.3. The van der Waals surface area contributed by atoms with E-state index in [0.29, 0.717) is 6.54 Å². The summed E-state index contributed by atoms with van der Waals surface area (Å²) >= 11 is 1.62. The van der Waals surface area contributed by atoms with E-state index in [4.69, 9.17) is 10.5 Å². The summed E-state index contributed by atoms with van der Waals surface area (Å²) in [6.07, 6.45) is 0.958. The second kappa shape index (κ2) is 5.73. The van der Waals surface area contributed by atoms with Gasteiger partial charge in [-0.25, -0.2) is 4.98 Å². The summed E-state index contributed by atoms with van der Waals surface area (Å²) in [6.45, 7) is 2.75. The molecule has 0 radical (unpaired) electrons. The molecule has 0 atom stereocenters. The molecule has 18 heavy (non-hydrogen) atoms. The molecule has 1 aromatic heterocycles. The number of nitrogens with zero attached hydrogens (tertiary/aromatic N) is 1. The van der Waals surface area contributed by atoms with Crippen molar-refractivity contribution < 1.29 is 4.74 Å². The van der Waals surface area contributed by atoms with Crippen molar-refractivity contribution in [1.82, 2.24) is 4.98 Å². The summed E-state index contributed by atoms with van der Waals surface area (Å²) in [7, 11) is 1.66. The first-order valence-electron chi connectivity index (χ1n) is 5.83. The van der Waals surface area contributed by atoms with E-state index in [2.05, 4.69) is 22.6 Å². The molecule has 0 aliphatic heterocycles. The SMILES string of the molecule is CCc1csc(NCc2cc(N)ccc2OC)n1. The smallest absolute Gasteiger partial charge is 0.183 e. The van der Waals surface area contributed by atoms with Crippen LogP contribution in [0.2, 0.25) is 0 Å². The number of hydrogen-bond acceptors (Lipinski definition) is 5. The van der Waals surface area contributed by atoms with Crippen LogP contribution in [0.5, 0.6) is 5.75 Å². The van der Waals surface area contributed by atoms with Gasteiger partial charge in [0.2, 0.25) is 0 Å². The summed E-state index contributed by atoms with van der Waals surface area (Å²) in [5.41, 5.74) is 8.66. The lowest BCUT2D eigenvalue weighted by Gasteiger charge is -2.09. The van der Waals surface area contributed by atoms with Crippen LogP contribution in [0.1, 0.15) is 18.2 Å². The zero-order valence-corrected chi connectivity index (χ0v) is 11.4. The number of nitrogen functional groups attached to an aromatic ring is 1. The fraction of sp³-hybridized carbons (Fsp3) is 0.308. The lowest BCUT2D eigenvalue weighted by molar-refractivity contribution is 0.410. The molecule has 0 aliphatic rings. The molecule has 1 heterocycles. The highest BCUT2D eigenvalue weighted by Crippen LogP contribution is 2.23. The highest BCUT2D eigenvalue weighted by atomic mass is 32.1. The van der Waals surface area contributed by atoms with Crippen LogP contribution in [0.25, 0.3) is 0 Å². The first kappa shape index (κ1) is 12.7. The molecule has 2 rings (SSSR count). The van der Waals surface area contributed by atoms with E-state index in [-0.39, 0.29) is 0 Å². The molecule has 0 amide bonds. The fourth-order valence-corrected chi connectivity index (χ4v) is 2.45. The van der Waals surface area contributed by atoms with Crippen LogP contribution >= 0.6 is 11.3 Å². The van der Waals surface area contributed by atoms with Crippen LogP contribution in [0.3, 0.4) is 0 Å². The van der Waals surface area contributed by atoms with Crippen molar-refractivity contribution in [3.05, 3.63) is 34.8 Å². The molecule has 0 saturated carbocycles. The number of aromatic nitrogens is 1. The molecule has 0 fully saturated rings. The van der Waals surface area contributed by atoms with E-state index in [9.17, 15) is 0 Å². The van der Waals surface area contributed by atoms with Crippen molar-refractivity contribution in [2.45, 2.75) is 19.9 Å². The van der Waals surface area contributed by atoms with E-state index >= 15 is 0 Å². The number of nitrogens with one attached hydrogen (secondary N) is 1. The van der Waals surface area contributed by atoms with Crippen molar-refractivity contribution in [1.29, 1.82) is 0 Å². The molecular formula is C13H17N3OS. The largest absolute Gasteiger partial charge is 0.496 e. The van der Waals surface area contributed by atoms with Gasteiger partial charge >= 0.3 is 0 Å². The topological polar surface area (TPSA) is 60.2 Å². The van der Waals surface area contributed by atoms with Crippen LogP contribution in [-0.4, -0.2) is 12.1 Å². The summed E-state index contributed by atoms with van der Waals surface area (Å²) in [5.74, 6) is 0.837. The number of anilines is 2. The average Bonchev–Trinajstić information content (AvgIpc) is 2.84. The van der Waals surface area contributed by atoms with Gasteiger partial charge in [0.15, 0.2) is 5.13 Å². The minimum Gasteiger partial charge on any atom is -0.496 e. The van der Waals surface area contributed by atoms with E-state index in [1.165, 1.54) is 0 Å². The van der Waals surface area contributed by atoms with E-state index < -0.39 is 0 Å². The molecule has 0 saturated heterocycles. The zero-order valence-electron chi connectivity index (χ0n) is 10.6. The third kappa shape index (κ3) is 2.92. The van der Waals surface area contributed by atoms with Crippen molar-refractivity contribution >= 4 is 22.2 Å². The molecule has 96 valence electrons. The number of rotatable bonds is 5. The first-order chi connectivity index (χ1) is 8.72. The van der Waals surface area contributed by atoms with Gasteiger partial charge in [-0.2, -0.15) is 0 Å². The Morgan fingerprint density at radius 1 is 1.44 bits per heavy atom. The van der Waals surface area contributed by atoms with Crippen LogP contribution < -0.4 is 15.8 Å². The summed E-state index contributed by atoms with van der Waals surface area (Å²) in [6, 6.07) is 5.63. The molecular weight excluding hydrogens is 246 g/mol. The molecule has 0 unspecified atom stereocenters. The molecule has 1 aromatic carbocycles. The first-order valence-corrected chi connectivity index (χ1v) is 6.71. The third-order valence-electron chi connectivity index (χ3n) is 2.65. The van der Waals surface area contributed by atoms with Gasteiger partial charge in [-0.05, 0) is 24.6 Å². The quantitative estimate of drug-likeness (QED) is 0.814. The standard InChI is InChI=1S/C13H17N3OS/c1-3-11-8-18-13(16-11)15-7-9-6-10(14)4-5-12(9)17-2/h4-6,8H,3,7,14H2,1-2H3,(H,15,16). The van der Waals surface area contributed by atoms with Crippen molar-refractivity contribution in [2.75, 3.05) is 18.2 Å². The van der Waals surface area contributed by atoms with Gasteiger partial charge in [0.1, 0.15) is 5.75 Å². The Hall–Kier alpha value is -1.75. The number of aryl methyl sites for hydroxylation is 1. The Labute approximate surface area is 111 Å².